The van der Waals surface area contributed by atoms with Crippen LogP contribution >= 0.6 is 0 Å². The lowest BCUT2D eigenvalue weighted by Gasteiger charge is -2.10. The molecule has 0 spiro atoms. The molecule has 0 bridgehead atoms. The van der Waals surface area contributed by atoms with Crippen molar-refractivity contribution in [3.8, 4) is 0 Å². The van der Waals surface area contributed by atoms with Crippen LogP contribution in [0.25, 0.3) is 0 Å². The Bertz CT molecular complexity index is 639. The number of aromatic nitrogens is 1. The van der Waals surface area contributed by atoms with Gasteiger partial charge in [0.15, 0.2) is 0 Å². The lowest BCUT2D eigenvalue weighted by atomic mass is 10.2. The van der Waals surface area contributed by atoms with E-state index in [4.69, 9.17) is 0 Å². The van der Waals surface area contributed by atoms with Crippen molar-refractivity contribution in [1.82, 2.24) is 15.8 Å². The monoisotopic (exact) mass is 298 g/mol. The summed E-state index contributed by atoms with van der Waals surface area (Å²) in [4.78, 5) is 27.9. The number of amides is 2. The topological polar surface area (TPSA) is 83.1 Å². The number of nitrogens with zero attached hydrogens (tertiary/aromatic N) is 1. The van der Waals surface area contributed by atoms with Crippen LogP contribution in [-0.2, 0) is 0 Å². The number of hydrazine groups is 1. The molecule has 3 N–H and O–H groups in total. The summed E-state index contributed by atoms with van der Waals surface area (Å²) in [7, 11) is 0. The predicted molar refractivity (Wildman–Crippen MR) is 84.4 cm³/mol. The highest BCUT2D eigenvalue weighted by Crippen LogP contribution is 2.06. The van der Waals surface area contributed by atoms with Crippen LogP contribution in [-0.4, -0.2) is 22.8 Å². The van der Waals surface area contributed by atoms with E-state index in [0.29, 0.717) is 16.9 Å². The van der Waals surface area contributed by atoms with Gasteiger partial charge in [-0.2, -0.15) is 0 Å². The van der Waals surface area contributed by atoms with Crippen LogP contribution < -0.4 is 16.2 Å². The molecule has 0 radical (unpaired) electrons. The van der Waals surface area contributed by atoms with Crippen LogP contribution in [0.2, 0.25) is 0 Å². The van der Waals surface area contributed by atoms with Crippen LogP contribution in [0.3, 0.4) is 0 Å². The van der Waals surface area contributed by atoms with Crippen molar-refractivity contribution in [3.05, 3.63) is 59.8 Å². The van der Waals surface area contributed by atoms with Crippen LogP contribution in [0.4, 0.5) is 5.82 Å². The molecule has 1 heterocycles. The van der Waals surface area contributed by atoms with Crippen LogP contribution in [0.15, 0.2) is 48.7 Å². The molecule has 0 aliphatic heterocycles. The van der Waals surface area contributed by atoms with Crippen molar-refractivity contribution in [3.63, 3.8) is 0 Å². The molecule has 0 atom stereocenters. The van der Waals surface area contributed by atoms with Crippen molar-refractivity contribution >= 4 is 17.6 Å². The average Bonchev–Trinajstić information content (AvgIpc) is 2.53. The van der Waals surface area contributed by atoms with Crippen LogP contribution in [0, 0.1) is 0 Å². The lowest BCUT2D eigenvalue weighted by molar-refractivity contribution is 0.0846. The minimum absolute atomic E-state index is 0.261. The number of anilines is 1. The average molecular weight is 298 g/mol. The summed E-state index contributed by atoms with van der Waals surface area (Å²) < 4.78 is 0. The molecule has 2 aromatic rings. The number of carbonyl (C=O) groups excluding carboxylic acids is 2. The minimum Gasteiger partial charge on any atom is -0.368 e. The quantitative estimate of drug-likeness (QED) is 0.754. The SMILES string of the molecule is CC(C)Nc1ccc(C(=O)NNC(=O)c2ccccc2)cn1. The van der Waals surface area contributed by atoms with Crippen LogP contribution in [0.1, 0.15) is 34.6 Å². The summed E-state index contributed by atoms with van der Waals surface area (Å²) in [5.41, 5.74) is 5.55. The van der Waals surface area contributed by atoms with Crippen LogP contribution in [0.5, 0.6) is 0 Å². The summed E-state index contributed by atoms with van der Waals surface area (Å²) in [6.07, 6.45) is 1.45. The first-order chi connectivity index (χ1) is 10.6. The molecular weight excluding hydrogens is 280 g/mol. The van der Waals surface area contributed by atoms with E-state index in [9.17, 15) is 9.59 Å². The van der Waals surface area contributed by atoms with Gasteiger partial charge in [-0.25, -0.2) is 4.98 Å². The fourth-order valence-corrected chi connectivity index (χ4v) is 1.76. The third kappa shape index (κ3) is 4.31. The number of nitrogens with one attached hydrogen (secondary N) is 3. The van der Waals surface area contributed by atoms with E-state index in [1.807, 2.05) is 19.9 Å². The lowest BCUT2D eigenvalue weighted by Crippen LogP contribution is -2.41. The normalized spacial score (nSPS) is 10.1. The summed E-state index contributed by atoms with van der Waals surface area (Å²) in [6.45, 7) is 4.00. The van der Waals surface area contributed by atoms with E-state index in [1.54, 1.807) is 36.4 Å². The Kier molecular flexibility index (Phi) is 5.08. The molecule has 0 fully saturated rings. The van der Waals surface area contributed by atoms with E-state index in [2.05, 4.69) is 21.2 Å². The van der Waals surface area contributed by atoms with Gasteiger partial charge in [0, 0.05) is 17.8 Å². The number of benzene rings is 1. The van der Waals surface area contributed by atoms with Crippen molar-refractivity contribution in [2.75, 3.05) is 5.32 Å². The minimum atomic E-state index is -0.423. The first-order valence-corrected chi connectivity index (χ1v) is 6.94. The first-order valence-electron chi connectivity index (χ1n) is 6.94. The standard InChI is InChI=1S/C16H18N4O2/c1-11(2)18-14-9-8-13(10-17-14)16(22)20-19-15(21)12-6-4-3-5-7-12/h3-11H,1-2H3,(H,17,18)(H,19,21)(H,20,22). The number of hydrogen-bond acceptors (Lipinski definition) is 4. The Morgan fingerprint density at radius 1 is 0.909 bits per heavy atom. The molecule has 0 aliphatic rings. The van der Waals surface area contributed by atoms with Gasteiger partial charge in [0.25, 0.3) is 11.8 Å². The van der Waals surface area contributed by atoms with Crippen molar-refractivity contribution < 1.29 is 9.59 Å². The molecule has 6 heteroatoms. The van der Waals surface area contributed by atoms with Gasteiger partial charge in [-0.15, -0.1) is 0 Å². The van der Waals surface area contributed by atoms with E-state index in [-0.39, 0.29) is 11.9 Å². The molecule has 0 aliphatic carbocycles. The second-order valence-electron chi connectivity index (χ2n) is 5.01. The second kappa shape index (κ2) is 7.21. The fraction of sp³-hybridized carbons (Fsp3) is 0.188. The highest BCUT2D eigenvalue weighted by molar-refractivity contribution is 5.98. The van der Waals surface area contributed by atoms with Crippen molar-refractivity contribution in [1.29, 1.82) is 0 Å². The maximum atomic E-state index is 11.9. The van der Waals surface area contributed by atoms with E-state index in [0.717, 1.165) is 0 Å². The summed E-state index contributed by atoms with van der Waals surface area (Å²) in [6, 6.07) is 12.3. The second-order valence-corrected chi connectivity index (χ2v) is 5.01. The maximum absolute atomic E-state index is 11.9. The van der Waals surface area contributed by atoms with Gasteiger partial charge < -0.3 is 5.32 Å². The molecular formula is C16H18N4O2. The van der Waals surface area contributed by atoms with Gasteiger partial charge in [-0.05, 0) is 38.1 Å². The molecule has 6 nitrogen and oxygen atoms in total. The molecule has 22 heavy (non-hydrogen) atoms. The van der Waals surface area contributed by atoms with Gasteiger partial charge in [-0.1, -0.05) is 18.2 Å². The van der Waals surface area contributed by atoms with Gasteiger partial charge in [0.05, 0.1) is 5.56 Å². The van der Waals surface area contributed by atoms with Crippen molar-refractivity contribution in [2.24, 2.45) is 0 Å². The van der Waals surface area contributed by atoms with Gasteiger partial charge in [-0.3, -0.25) is 20.4 Å². The van der Waals surface area contributed by atoms with Gasteiger partial charge in [0.2, 0.25) is 0 Å². The molecule has 2 amide bonds. The van der Waals surface area contributed by atoms with Gasteiger partial charge >= 0.3 is 0 Å². The Morgan fingerprint density at radius 2 is 1.55 bits per heavy atom. The van der Waals surface area contributed by atoms with Gasteiger partial charge in [0.1, 0.15) is 5.82 Å². The Hall–Kier alpha value is -2.89. The first kappa shape index (κ1) is 15.5. The molecule has 0 saturated carbocycles. The fourth-order valence-electron chi connectivity index (χ4n) is 1.76. The zero-order chi connectivity index (χ0) is 15.9. The molecule has 0 unspecified atom stereocenters. The zero-order valence-corrected chi connectivity index (χ0v) is 12.5. The third-order valence-corrected chi connectivity index (χ3v) is 2.79. The van der Waals surface area contributed by atoms with E-state index >= 15 is 0 Å². The Morgan fingerprint density at radius 3 is 2.09 bits per heavy atom. The highest BCUT2D eigenvalue weighted by atomic mass is 16.2. The molecule has 2 rings (SSSR count). The maximum Gasteiger partial charge on any atom is 0.271 e. The number of hydrogen-bond donors (Lipinski definition) is 3. The predicted octanol–water partition coefficient (Wildman–Crippen LogP) is 1.98. The summed E-state index contributed by atoms with van der Waals surface area (Å²) >= 11 is 0. The highest BCUT2D eigenvalue weighted by Gasteiger charge is 2.09. The number of rotatable bonds is 4. The molecule has 1 aromatic heterocycles. The smallest absolute Gasteiger partial charge is 0.271 e. The summed E-state index contributed by atoms with van der Waals surface area (Å²) in [5.74, 6) is -0.104. The van der Waals surface area contributed by atoms with E-state index < -0.39 is 5.91 Å². The number of pyridine rings is 1. The summed E-state index contributed by atoms with van der Waals surface area (Å²) in [5, 5.41) is 3.13. The Labute approximate surface area is 128 Å². The number of carbonyl (C=O) groups is 2. The molecule has 114 valence electrons. The molecule has 1 aromatic carbocycles. The largest absolute Gasteiger partial charge is 0.368 e. The zero-order valence-electron chi connectivity index (χ0n) is 12.5. The van der Waals surface area contributed by atoms with E-state index in [1.165, 1.54) is 6.20 Å². The Balaban J connectivity index is 1.91. The van der Waals surface area contributed by atoms with Crippen molar-refractivity contribution in [2.45, 2.75) is 19.9 Å². The third-order valence-electron chi connectivity index (χ3n) is 2.79. The molecule has 0 saturated heterocycles.